The van der Waals surface area contributed by atoms with Crippen molar-refractivity contribution in [3.05, 3.63) is 36.3 Å². The third-order valence-electron chi connectivity index (χ3n) is 6.34. The summed E-state index contributed by atoms with van der Waals surface area (Å²) >= 11 is 0. The van der Waals surface area contributed by atoms with Gasteiger partial charge >= 0.3 is 0 Å². The molecule has 2 aliphatic rings. The zero-order chi connectivity index (χ0) is 23.4. The minimum atomic E-state index is -0.779. The van der Waals surface area contributed by atoms with Crippen molar-refractivity contribution in [3.63, 3.8) is 0 Å². The molecule has 9 heteroatoms. The molecule has 9 nitrogen and oxygen atoms in total. The van der Waals surface area contributed by atoms with Crippen LogP contribution in [0.25, 0.3) is 11.3 Å². The number of H-pyrrole nitrogens is 1. The number of ether oxygens (including phenoxy) is 1. The molecule has 3 heterocycles. The standard InChI is InChI=1S/C24H31N5O4/c1-16(2)22(27-21(31)15-30)24(32)29-9-3-4-20(29)23-25-14-19(26-23)17-5-7-18(8-6-17)28-10-12-33-13-11-28/h5-8,14-16,20,22H,3-4,9-13H2,1-2H3,(H,25,26)(H,27,31)/t20?,22-/m0/s1. The number of hydrogen-bond acceptors (Lipinski definition) is 6. The molecular formula is C24H31N5O4. The molecule has 33 heavy (non-hydrogen) atoms. The Bertz CT molecular complexity index is 981. The number of carbonyl (C=O) groups is 3. The number of morpholine rings is 1. The Morgan fingerprint density at radius 1 is 1.18 bits per heavy atom. The van der Waals surface area contributed by atoms with Crippen LogP contribution in [0.5, 0.6) is 0 Å². The van der Waals surface area contributed by atoms with Crippen molar-refractivity contribution in [2.75, 3.05) is 37.7 Å². The van der Waals surface area contributed by atoms with Crippen LogP contribution in [-0.4, -0.2) is 71.9 Å². The van der Waals surface area contributed by atoms with Crippen LogP contribution in [0.3, 0.4) is 0 Å². The molecule has 2 atom stereocenters. The Labute approximate surface area is 193 Å². The van der Waals surface area contributed by atoms with Gasteiger partial charge in [0, 0.05) is 25.3 Å². The Morgan fingerprint density at radius 2 is 1.91 bits per heavy atom. The SMILES string of the molecule is CC(C)[C@H](NC(=O)C=O)C(=O)N1CCCC1c1ncc(-c2ccc(N3CCOCC3)cc2)[nH]1. The summed E-state index contributed by atoms with van der Waals surface area (Å²) < 4.78 is 5.42. The highest BCUT2D eigenvalue weighted by Gasteiger charge is 2.37. The number of hydrogen-bond donors (Lipinski definition) is 2. The van der Waals surface area contributed by atoms with Crippen LogP contribution in [-0.2, 0) is 19.1 Å². The quantitative estimate of drug-likeness (QED) is 0.490. The van der Waals surface area contributed by atoms with E-state index in [2.05, 4.69) is 44.5 Å². The number of likely N-dealkylation sites (tertiary alicyclic amines) is 1. The molecule has 2 N–H and O–H groups in total. The molecule has 0 bridgehead atoms. The van der Waals surface area contributed by atoms with Crippen LogP contribution in [0.4, 0.5) is 5.69 Å². The highest BCUT2D eigenvalue weighted by atomic mass is 16.5. The van der Waals surface area contributed by atoms with E-state index in [0.29, 0.717) is 6.54 Å². The monoisotopic (exact) mass is 453 g/mol. The van der Waals surface area contributed by atoms with Crippen LogP contribution in [0, 0.1) is 5.92 Å². The minimum absolute atomic E-state index is 0.139. The summed E-state index contributed by atoms with van der Waals surface area (Å²) in [5.41, 5.74) is 3.10. The van der Waals surface area contributed by atoms with Crippen molar-refractivity contribution in [1.82, 2.24) is 20.2 Å². The summed E-state index contributed by atoms with van der Waals surface area (Å²) in [6, 6.07) is 7.43. The number of anilines is 1. The van der Waals surface area contributed by atoms with E-state index < -0.39 is 11.9 Å². The van der Waals surface area contributed by atoms with Gasteiger partial charge in [-0.3, -0.25) is 14.4 Å². The average molecular weight is 454 g/mol. The maximum absolute atomic E-state index is 13.2. The largest absolute Gasteiger partial charge is 0.378 e. The molecule has 2 aromatic rings. The lowest BCUT2D eigenvalue weighted by Gasteiger charge is -2.30. The fourth-order valence-electron chi connectivity index (χ4n) is 4.52. The van der Waals surface area contributed by atoms with E-state index in [9.17, 15) is 14.4 Å². The molecule has 0 spiro atoms. The van der Waals surface area contributed by atoms with E-state index in [0.717, 1.165) is 56.2 Å². The molecule has 1 aromatic heterocycles. The van der Waals surface area contributed by atoms with E-state index in [-0.39, 0.29) is 24.2 Å². The number of aromatic amines is 1. The van der Waals surface area contributed by atoms with Crippen LogP contribution in [0.2, 0.25) is 0 Å². The second-order valence-corrected chi connectivity index (χ2v) is 8.87. The van der Waals surface area contributed by atoms with Crippen molar-refractivity contribution in [2.24, 2.45) is 5.92 Å². The van der Waals surface area contributed by atoms with Gasteiger partial charge in [-0.1, -0.05) is 26.0 Å². The highest BCUT2D eigenvalue weighted by Crippen LogP contribution is 2.33. The van der Waals surface area contributed by atoms with Gasteiger partial charge in [0.1, 0.15) is 11.9 Å². The fraction of sp³-hybridized carbons (Fsp3) is 0.500. The second-order valence-electron chi connectivity index (χ2n) is 8.87. The number of benzene rings is 1. The van der Waals surface area contributed by atoms with Gasteiger partial charge in [0.2, 0.25) is 12.2 Å². The zero-order valence-corrected chi connectivity index (χ0v) is 19.1. The van der Waals surface area contributed by atoms with Crippen LogP contribution >= 0.6 is 0 Å². The Morgan fingerprint density at radius 3 is 2.58 bits per heavy atom. The molecule has 0 saturated carbocycles. The number of carbonyl (C=O) groups excluding carboxylic acids is 3. The summed E-state index contributed by atoms with van der Waals surface area (Å²) in [5, 5.41) is 2.54. The van der Waals surface area contributed by atoms with Crippen molar-refractivity contribution >= 4 is 23.8 Å². The minimum Gasteiger partial charge on any atom is -0.378 e. The summed E-state index contributed by atoms with van der Waals surface area (Å²) in [4.78, 5) is 47.7. The Balaban J connectivity index is 1.48. The van der Waals surface area contributed by atoms with Gasteiger partial charge in [0.25, 0.3) is 5.91 Å². The number of aldehydes is 1. The normalized spacial score (nSPS) is 19.5. The van der Waals surface area contributed by atoms with Gasteiger partial charge in [-0.2, -0.15) is 0 Å². The Hall–Kier alpha value is -3.20. The first kappa shape index (κ1) is 23.0. The van der Waals surface area contributed by atoms with Gasteiger partial charge in [0.15, 0.2) is 0 Å². The van der Waals surface area contributed by atoms with Gasteiger partial charge in [-0.25, -0.2) is 4.98 Å². The topological polar surface area (TPSA) is 108 Å². The molecule has 176 valence electrons. The molecular weight excluding hydrogens is 422 g/mol. The first-order valence-corrected chi connectivity index (χ1v) is 11.5. The predicted molar refractivity (Wildman–Crippen MR) is 124 cm³/mol. The van der Waals surface area contributed by atoms with Gasteiger partial charge in [-0.05, 0) is 36.5 Å². The zero-order valence-electron chi connectivity index (χ0n) is 19.1. The molecule has 4 rings (SSSR count). The number of nitrogens with zero attached hydrogens (tertiary/aromatic N) is 3. The fourth-order valence-corrected chi connectivity index (χ4v) is 4.52. The number of rotatable bonds is 7. The third-order valence-corrected chi connectivity index (χ3v) is 6.34. The lowest BCUT2D eigenvalue weighted by molar-refractivity contribution is -0.140. The summed E-state index contributed by atoms with van der Waals surface area (Å²) in [6.45, 7) is 7.58. The van der Waals surface area contributed by atoms with Gasteiger partial charge in [-0.15, -0.1) is 0 Å². The average Bonchev–Trinajstić information content (AvgIpc) is 3.52. The summed E-state index contributed by atoms with van der Waals surface area (Å²) in [6.07, 6.45) is 3.65. The Kier molecular flexibility index (Phi) is 7.08. The number of imidazole rings is 1. The van der Waals surface area contributed by atoms with E-state index in [1.54, 1.807) is 11.1 Å². The lowest BCUT2D eigenvalue weighted by Crippen LogP contribution is -2.51. The molecule has 2 saturated heterocycles. The summed E-state index contributed by atoms with van der Waals surface area (Å²) in [5.74, 6) is -0.369. The molecule has 0 aliphatic carbocycles. The third kappa shape index (κ3) is 5.08. The number of aromatic nitrogens is 2. The van der Waals surface area contributed by atoms with E-state index in [1.165, 1.54) is 5.69 Å². The van der Waals surface area contributed by atoms with E-state index in [4.69, 9.17) is 4.74 Å². The molecule has 1 unspecified atom stereocenters. The maximum atomic E-state index is 13.2. The van der Waals surface area contributed by atoms with E-state index >= 15 is 0 Å². The second kappa shape index (κ2) is 10.2. The molecule has 2 fully saturated rings. The first-order chi connectivity index (χ1) is 16.0. The van der Waals surface area contributed by atoms with Crippen LogP contribution < -0.4 is 10.2 Å². The molecule has 1 aromatic carbocycles. The van der Waals surface area contributed by atoms with Crippen molar-refractivity contribution in [2.45, 2.75) is 38.8 Å². The smallest absolute Gasteiger partial charge is 0.284 e. The van der Waals surface area contributed by atoms with Crippen LogP contribution in [0.1, 0.15) is 38.6 Å². The highest BCUT2D eigenvalue weighted by molar-refractivity contribution is 6.24. The van der Waals surface area contributed by atoms with Crippen molar-refractivity contribution < 1.29 is 19.1 Å². The number of amides is 2. The van der Waals surface area contributed by atoms with Crippen LogP contribution in [0.15, 0.2) is 30.5 Å². The van der Waals surface area contributed by atoms with Gasteiger partial charge in [0.05, 0.1) is 31.1 Å². The van der Waals surface area contributed by atoms with E-state index in [1.807, 2.05) is 13.8 Å². The predicted octanol–water partition coefficient (Wildman–Crippen LogP) is 1.92. The lowest BCUT2D eigenvalue weighted by atomic mass is 10.0. The van der Waals surface area contributed by atoms with Crippen molar-refractivity contribution in [3.8, 4) is 11.3 Å². The first-order valence-electron chi connectivity index (χ1n) is 11.5. The molecule has 2 amide bonds. The summed E-state index contributed by atoms with van der Waals surface area (Å²) in [7, 11) is 0. The molecule has 2 aliphatic heterocycles. The molecule has 0 radical (unpaired) electrons. The van der Waals surface area contributed by atoms with Gasteiger partial charge < -0.3 is 24.8 Å². The van der Waals surface area contributed by atoms with Crippen molar-refractivity contribution in [1.29, 1.82) is 0 Å². The maximum Gasteiger partial charge on any atom is 0.284 e. The number of nitrogens with one attached hydrogen (secondary N) is 2.